The number of ether oxygens (including phenoxy) is 1. The number of halogens is 1. The highest BCUT2D eigenvalue weighted by molar-refractivity contribution is 9.10. The zero-order valence-corrected chi connectivity index (χ0v) is 13.8. The van der Waals surface area contributed by atoms with E-state index in [0.717, 1.165) is 23.1 Å². The average molecular weight is 358 g/mol. The van der Waals surface area contributed by atoms with Crippen LogP contribution in [0.15, 0.2) is 28.7 Å². The summed E-state index contributed by atoms with van der Waals surface area (Å²) in [5, 5.41) is 22.8. The topological polar surface area (TPSA) is 61.7 Å². The van der Waals surface area contributed by atoms with Crippen LogP contribution in [-0.4, -0.2) is 42.1 Å². The lowest BCUT2D eigenvalue weighted by Crippen LogP contribution is -2.44. The molecule has 118 valence electrons. The molecule has 3 N–H and O–H groups in total. The molecule has 5 heteroatoms. The summed E-state index contributed by atoms with van der Waals surface area (Å²) >= 11 is 3.39. The maximum absolute atomic E-state index is 10.0. The van der Waals surface area contributed by atoms with Gasteiger partial charge in [-0.3, -0.25) is 0 Å². The Hall–Kier alpha value is -0.620. The van der Waals surface area contributed by atoms with Crippen LogP contribution in [0.1, 0.15) is 25.7 Å². The van der Waals surface area contributed by atoms with Gasteiger partial charge in [-0.25, -0.2) is 0 Å². The number of benzene rings is 1. The Kier molecular flexibility index (Phi) is 6.96. The molecular weight excluding hydrogens is 334 g/mol. The molecule has 0 spiro atoms. The van der Waals surface area contributed by atoms with E-state index < -0.39 is 6.10 Å². The van der Waals surface area contributed by atoms with Gasteiger partial charge in [-0.15, -0.1) is 0 Å². The predicted molar refractivity (Wildman–Crippen MR) is 86.5 cm³/mol. The monoisotopic (exact) mass is 357 g/mol. The lowest BCUT2D eigenvalue weighted by molar-refractivity contribution is 0.0906. The average Bonchev–Trinajstić information content (AvgIpc) is 2.51. The summed E-state index contributed by atoms with van der Waals surface area (Å²) < 4.78 is 6.53. The number of aliphatic hydroxyl groups is 2. The molecule has 0 saturated heterocycles. The highest BCUT2D eigenvalue weighted by Crippen LogP contribution is 2.24. The zero-order chi connectivity index (χ0) is 15.1. The van der Waals surface area contributed by atoms with Crippen molar-refractivity contribution in [1.82, 2.24) is 5.32 Å². The van der Waals surface area contributed by atoms with Crippen molar-refractivity contribution in [2.75, 3.05) is 19.8 Å². The maximum atomic E-state index is 10.0. The van der Waals surface area contributed by atoms with Crippen LogP contribution in [0, 0.1) is 5.92 Å². The van der Waals surface area contributed by atoms with Crippen LogP contribution in [0.25, 0.3) is 0 Å². The van der Waals surface area contributed by atoms with Gasteiger partial charge in [-0.1, -0.05) is 34.8 Å². The summed E-state index contributed by atoms with van der Waals surface area (Å²) in [6.45, 7) is 0.984. The quantitative estimate of drug-likeness (QED) is 0.700. The minimum Gasteiger partial charge on any atom is -0.491 e. The third-order valence-corrected chi connectivity index (χ3v) is 4.49. The zero-order valence-electron chi connectivity index (χ0n) is 12.2. The first-order chi connectivity index (χ1) is 10.2. The largest absolute Gasteiger partial charge is 0.491 e. The lowest BCUT2D eigenvalue weighted by atomic mass is 9.85. The fourth-order valence-corrected chi connectivity index (χ4v) is 3.17. The van der Waals surface area contributed by atoms with Crippen LogP contribution >= 0.6 is 15.9 Å². The van der Waals surface area contributed by atoms with Crippen LogP contribution < -0.4 is 10.1 Å². The van der Waals surface area contributed by atoms with E-state index in [9.17, 15) is 10.2 Å². The van der Waals surface area contributed by atoms with Crippen LogP contribution in [0.2, 0.25) is 0 Å². The van der Waals surface area contributed by atoms with Crippen molar-refractivity contribution in [3.63, 3.8) is 0 Å². The first kappa shape index (κ1) is 16.7. The minimum atomic E-state index is -0.551. The SMILES string of the molecule is OCC1CCCCC1NCC(O)COc1cccc(Br)c1. The van der Waals surface area contributed by atoms with Gasteiger partial charge in [0.2, 0.25) is 0 Å². The summed E-state index contributed by atoms with van der Waals surface area (Å²) in [5.74, 6) is 1.06. The molecule has 0 radical (unpaired) electrons. The van der Waals surface area contributed by atoms with Gasteiger partial charge in [-0.2, -0.15) is 0 Å². The van der Waals surface area contributed by atoms with Gasteiger partial charge in [0.15, 0.2) is 0 Å². The Labute approximate surface area is 134 Å². The number of nitrogens with one attached hydrogen (secondary N) is 1. The Morgan fingerprint density at radius 3 is 2.90 bits per heavy atom. The summed E-state index contributed by atoms with van der Waals surface area (Å²) in [5.41, 5.74) is 0. The van der Waals surface area contributed by atoms with Gasteiger partial charge < -0.3 is 20.3 Å². The molecule has 0 aliphatic heterocycles. The van der Waals surface area contributed by atoms with Gasteiger partial charge >= 0.3 is 0 Å². The Morgan fingerprint density at radius 2 is 2.14 bits per heavy atom. The van der Waals surface area contributed by atoms with E-state index in [1.54, 1.807) is 0 Å². The summed E-state index contributed by atoms with van der Waals surface area (Å²) in [4.78, 5) is 0. The van der Waals surface area contributed by atoms with Crippen molar-refractivity contribution in [3.8, 4) is 5.75 Å². The van der Waals surface area contributed by atoms with Gasteiger partial charge in [0.1, 0.15) is 18.5 Å². The fourth-order valence-electron chi connectivity index (χ4n) is 2.79. The second-order valence-electron chi connectivity index (χ2n) is 5.66. The van der Waals surface area contributed by atoms with Crippen LogP contribution in [0.4, 0.5) is 0 Å². The van der Waals surface area contributed by atoms with E-state index in [-0.39, 0.29) is 13.2 Å². The van der Waals surface area contributed by atoms with Crippen molar-refractivity contribution in [2.45, 2.75) is 37.8 Å². The molecule has 0 heterocycles. The summed E-state index contributed by atoms with van der Waals surface area (Å²) in [7, 11) is 0. The third-order valence-electron chi connectivity index (χ3n) is 4.00. The Balaban J connectivity index is 1.70. The molecule has 4 nitrogen and oxygen atoms in total. The standard InChI is InChI=1S/C16H24BrNO3/c17-13-5-3-6-15(8-13)21-11-14(20)9-18-16-7-2-1-4-12(16)10-19/h3,5-6,8,12,14,16,18-20H,1-2,4,7,9-11H2. The number of rotatable bonds is 7. The number of aliphatic hydroxyl groups excluding tert-OH is 2. The van der Waals surface area contributed by atoms with E-state index in [1.807, 2.05) is 24.3 Å². The summed E-state index contributed by atoms with van der Waals surface area (Å²) in [6.07, 6.45) is 3.98. The molecule has 0 aromatic heterocycles. The van der Waals surface area contributed by atoms with Crippen molar-refractivity contribution in [3.05, 3.63) is 28.7 Å². The van der Waals surface area contributed by atoms with E-state index >= 15 is 0 Å². The smallest absolute Gasteiger partial charge is 0.120 e. The molecule has 21 heavy (non-hydrogen) atoms. The third kappa shape index (κ3) is 5.58. The second kappa shape index (κ2) is 8.73. The van der Waals surface area contributed by atoms with E-state index in [0.29, 0.717) is 18.5 Å². The Morgan fingerprint density at radius 1 is 1.33 bits per heavy atom. The molecule has 1 aliphatic rings. The Bertz CT molecular complexity index is 430. The van der Waals surface area contributed by atoms with E-state index in [1.165, 1.54) is 12.8 Å². The van der Waals surface area contributed by atoms with Crippen molar-refractivity contribution < 1.29 is 14.9 Å². The highest BCUT2D eigenvalue weighted by Gasteiger charge is 2.24. The molecular formula is C16H24BrNO3. The number of hydrogen-bond acceptors (Lipinski definition) is 4. The van der Waals surface area contributed by atoms with Gasteiger partial charge in [-0.05, 0) is 37.0 Å². The molecule has 0 bridgehead atoms. The van der Waals surface area contributed by atoms with Crippen molar-refractivity contribution >= 4 is 15.9 Å². The molecule has 1 aliphatic carbocycles. The summed E-state index contributed by atoms with van der Waals surface area (Å²) in [6, 6.07) is 7.89. The molecule has 2 rings (SSSR count). The normalized spacial score (nSPS) is 23.8. The van der Waals surface area contributed by atoms with E-state index in [2.05, 4.69) is 21.2 Å². The van der Waals surface area contributed by atoms with Crippen LogP contribution in [0.3, 0.4) is 0 Å². The van der Waals surface area contributed by atoms with Crippen molar-refractivity contribution in [2.24, 2.45) is 5.92 Å². The molecule has 1 aromatic rings. The molecule has 1 fully saturated rings. The fraction of sp³-hybridized carbons (Fsp3) is 0.625. The molecule has 1 saturated carbocycles. The van der Waals surface area contributed by atoms with E-state index in [4.69, 9.17) is 4.74 Å². The molecule has 1 aromatic carbocycles. The van der Waals surface area contributed by atoms with Crippen LogP contribution in [0.5, 0.6) is 5.75 Å². The van der Waals surface area contributed by atoms with Gasteiger partial charge in [0.05, 0.1) is 0 Å². The predicted octanol–water partition coefficient (Wildman–Crippen LogP) is 2.33. The molecule has 3 atom stereocenters. The van der Waals surface area contributed by atoms with Gasteiger partial charge in [0, 0.05) is 23.7 Å². The van der Waals surface area contributed by atoms with Crippen molar-refractivity contribution in [1.29, 1.82) is 0 Å². The first-order valence-corrected chi connectivity index (χ1v) is 8.39. The lowest BCUT2D eigenvalue weighted by Gasteiger charge is -2.31. The second-order valence-corrected chi connectivity index (χ2v) is 6.58. The number of hydrogen-bond donors (Lipinski definition) is 3. The van der Waals surface area contributed by atoms with Gasteiger partial charge in [0.25, 0.3) is 0 Å². The molecule has 0 amide bonds. The maximum Gasteiger partial charge on any atom is 0.120 e. The highest BCUT2D eigenvalue weighted by atomic mass is 79.9. The van der Waals surface area contributed by atoms with Crippen LogP contribution in [-0.2, 0) is 0 Å². The first-order valence-electron chi connectivity index (χ1n) is 7.59. The molecule has 3 unspecified atom stereocenters. The minimum absolute atomic E-state index is 0.225.